The first kappa shape index (κ1) is 90.5. The van der Waals surface area contributed by atoms with Crippen molar-refractivity contribution in [3.63, 3.8) is 0 Å². The summed E-state index contributed by atoms with van der Waals surface area (Å²) in [5.41, 5.74) is 8.47. The maximum Gasteiger partial charge on any atom is 1.00 e. The number of nitrogens with zero attached hydrogens (tertiary/aromatic N) is 12. The van der Waals surface area contributed by atoms with Crippen molar-refractivity contribution in [1.82, 2.24) is 34.8 Å². The molecule has 9 rings (SSSR count). The van der Waals surface area contributed by atoms with E-state index >= 15 is 0 Å². The molecule has 8 aromatic rings. The van der Waals surface area contributed by atoms with E-state index in [9.17, 15) is 87.4 Å². The van der Waals surface area contributed by atoms with Crippen LogP contribution in [0.5, 0.6) is 0 Å². The van der Waals surface area contributed by atoms with Crippen LogP contribution in [0.2, 0.25) is 10.6 Å². The summed E-state index contributed by atoms with van der Waals surface area (Å²) in [5, 5.41) is 25.6. The van der Waals surface area contributed by atoms with Gasteiger partial charge in [-0.3, -0.25) is 4.90 Å². The van der Waals surface area contributed by atoms with Crippen LogP contribution in [0, 0.1) is 0 Å². The van der Waals surface area contributed by atoms with Gasteiger partial charge in [-0.1, -0.05) is 0 Å². The van der Waals surface area contributed by atoms with E-state index in [4.69, 9.17) is 34.7 Å². The fourth-order valence-corrected chi connectivity index (χ4v) is 13.0. The number of aromatic nitrogens is 6. The summed E-state index contributed by atoms with van der Waals surface area (Å²) in [7, 11) is -32.9. The number of hydrogen-bond donors (Lipinski definition) is 7. The maximum absolute atomic E-state index is 12.3. The van der Waals surface area contributed by atoms with Gasteiger partial charge in [0, 0.05) is 61.4 Å². The molecule has 1 aliphatic rings. The predicted molar refractivity (Wildman–Crippen MR) is 317 cm³/mol. The first-order valence-corrected chi connectivity index (χ1v) is 34.3. The first-order chi connectivity index (χ1) is 43.2. The smallest absolute Gasteiger partial charge is 0.744 e. The third-order valence-electron chi connectivity index (χ3n) is 12.7. The number of amides is 4. The molecule has 9 N–H and O–H groups in total. The number of anilines is 8. The quantitative estimate of drug-likeness (QED) is 0.0199. The van der Waals surface area contributed by atoms with E-state index in [2.05, 4.69) is 81.8 Å². The van der Waals surface area contributed by atoms with Gasteiger partial charge < -0.3 is 70.3 Å². The minimum atomic E-state index is -5.55. The minimum Gasteiger partial charge on any atom is -0.744 e. The number of rotatable bonds is 21. The number of azo groups is 2. The van der Waals surface area contributed by atoms with Gasteiger partial charge in [0.2, 0.25) is 34.4 Å². The van der Waals surface area contributed by atoms with Crippen molar-refractivity contribution in [3.05, 3.63) is 95.5 Å². The molecule has 4 amide bonds. The van der Waals surface area contributed by atoms with E-state index in [0.717, 1.165) is 0 Å². The summed E-state index contributed by atoms with van der Waals surface area (Å²) >= 11 is 12.6. The number of piperazine rings is 1. The molecule has 39 nitrogen and oxygen atoms in total. The van der Waals surface area contributed by atoms with Crippen LogP contribution in [0.3, 0.4) is 0 Å². The zero-order valence-corrected chi connectivity index (χ0v) is 68.4. The molecule has 0 radical (unpaired) electrons. The normalized spacial score (nSPS) is 13.0. The average molecular weight is 1580 g/mol. The van der Waals surface area contributed by atoms with Gasteiger partial charge in [0.1, 0.15) is 83.5 Å². The Hall–Kier alpha value is -2.73. The van der Waals surface area contributed by atoms with Crippen LogP contribution >= 0.6 is 23.2 Å². The predicted octanol–water partition coefficient (Wildman–Crippen LogP) is -14.3. The van der Waals surface area contributed by atoms with Gasteiger partial charge in [0.25, 0.3) is 0 Å². The van der Waals surface area contributed by atoms with Crippen LogP contribution in [0.25, 0.3) is 21.5 Å². The minimum absolute atomic E-state index is 0. The summed E-state index contributed by atoms with van der Waals surface area (Å²) in [5.74, 6) is -0.0611. The van der Waals surface area contributed by atoms with E-state index in [1.165, 1.54) is 36.4 Å². The van der Waals surface area contributed by atoms with Gasteiger partial charge >= 0.3 is 212 Å². The summed E-state index contributed by atoms with van der Waals surface area (Å²) in [6.07, 6.45) is 0. The zero-order chi connectivity index (χ0) is 67.9. The van der Waals surface area contributed by atoms with Gasteiger partial charge in [0.15, 0.2) is 0 Å². The van der Waals surface area contributed by atoms with E-state index in [1.54, 1.807) is 4.90 Å². The maximum atomic E-state index is 12.3. The van der Waals surface area contributed by atoms with Crippen LogP contribution in [0.1, 0.15) is 0 Å². The molecule has 0 unspecified atom stereocenters. The number of urea groups is 2. The van der Waals surface area contributed by atoms with Crippen molar-refractivity contribution in [2.75, 3.05) is 70.8 Å². The molecule has 1 aliphatic heterocycles. The molecule has 0 spiro atoms. The van der Waals surface area contributed by atoms with E-state index < -0.39 is 135 Å². The van der Waals surface area contributed by atoms with Crippen LogP contribution in [-0.4, -0.2) is 164 Å². The first-order valence-electron chi connectivity index (χ1n) is 25.1. The monoisotopic (exact) mass is 1570 g/mol. The number of nitrogens with two attached hydrogens (primary N) is 2. The number of fused-ring (bicyclic) bond motifs is 2. The number of halogens is 2. The van der Waals surface area contributed by atoms with Crippen LogP contribution < -0.4 is 243 Å². The van der Waals surface area contributed by atoms with E-state index in [-0.39, 0.29) is 287 Å². The molecule has 0 bridgehead atoms. The molecule has 6 aromatic carbocycles. The third-order valence-corrected chi connectivity index (χ3v) is 18.2. The van der Waals surface area contributed by atoms with Crippen molar-refractivity contribution < 1.29 is 287 Å². The molecule has 1 saturated heterocycles. The SMILES string of the molecule is NC(=O)Nc1cc(Nc2nc(Cl)nc(NCCN3CCN(c4nc(Cl)nc(Nc5ccc(N=Nc6cc7c(S(=O)(=O)[O-])cc(S(=O)(=O)[O-])cc7cc6S(=O)(=O)[O-])c(NC(N)=O)c5)n4)CC3)n2)ccc1N=Nc1cc2c(S(=O)(=O)[O-])cc(S(=O)(=O)[O-])cc2cc1S(=O)(=O)[O-].[K+].[K+].[Li+].[Li+].[Na+].[Na+]. The molecule has 1 fully saturated rings. The standard InChI is InChI=1S/C46H41Cl2N19O20S6.2K.2Li.2Na/c47-39-56-43(60-44(57-39)52-23-1-3-29(31(15-23)54-41(49)68)62-64-33-19-27-21(13-37(33)92(82,83)84)11-25(88(70,71)72)17-35(27)90(76,77)78)51-5-6-66-7-9-67(10-8-66)46-59-40(48)58-45(61-46)53-24-2-4-30(32(16-24)55-42(50)69)63-65-34-20-28-22(14-38(34)93(85,86)87)12-26(89(73,74)75)18-36(28)91(79,80)81;;;;;;/h1-4,11-20H,5-10H2,(H3,49,54,68)(H3,50,55,69)(H,70,71,72)(H,73,74,75)(H,76,77,78)(H,79,80,81)(H,82,83,84)(H,85,86,87)(H,53,58,59,61)(H2,51,52,56,57,60);;;;;;/q;6*+1/p-6. The number of carbonyl (C=O) groups excluding carboxylic acids is 2. The molecule has 2 aromatic heterocycles. The van der Waals surface area contributed by atoms with Crippen LogP contribution in [0.4, 0.5) is 78.9 Å². The molecular weight excluding hydrogens is 1540 g/mol. The molecule has 0 atom stereocenters. The third kappa shape index (κ3) is 24.1. The Kier molecular flexibility index (Phi) is 33.4. The molecule has 3 heterocycles. The van der Waals surface area contributed by atoms with Crippen molar-refractivity contribution in [3.8, 4) is 0 Å². The molecular formula is C46H35Cl2K2Li2N19Na2O20S6. The van der Waals surface area contributed by atoms with Gasteiger partial charge in [-0.15, -0.1) is 20.5 Å². The van der Waals surface area contributed by atoms with Crippen LogP contribution in [-0.2, 0) is 60.7 Å². The second-order valence-electron chi connectivity index (χ2n) is 19.0. The second-order valence-corrected chi connectivity index (χ2v) is 27.8. The van der Waals surface area contributed by atoms with Gasteiger partial charge in [-0.25, -0.2) is 60.1 Å². The number of benzene rings is 6. The Bertz CT molecular complexity index is 5270. The van der Waals surface area contributed by atoms with Crippen molar-refractivity contribution in [2.45, 2.75) is 29.4 Å². The van der Waals surface area contributed by atoms with E-state index in [1.807, 2.05) is 0 Å². The topological polar surface area (TPSA) is 623 Å². The molecule has 99 heavy (non-hydrogen) atoms. The van der Waals surface area contributed by atoms with Crippen molar-refractivity contribution in [2.24, 2.45) is 31.9 Å². The summed E-state index contributed by atoms with van der Waals surface area (Å²) < 4.78 is 217. The summed E-state index contributed by atoms with van der Waals surface area (Å²) in [4.78, 5) is 46.0. The van der Waals surface area contributed by atoms with Crippen molar-refractivity contribution in [1.29, 1.82) is 0 Å². The Morgan fingerprint density at radius 1 is 0.465 bits per heavy atom. The van der Waals surface area contributed by atoms with Crippen LogP contribution in [0.15, 0.2) is 135 Å². The Labute approximate surface area is 724 Å². The second kappa shape index (κ2) is 36.5. The molecule has 0 saturated carbocycles. The van der Waals surface area contributed by atoms with Gasteiger partial charge in [-0.05, 0) is 119 Å². The Morgan fingerprint density at radius 2 is 0.838 bits per heavy atom. The average Bonchev–Trinajstić information content (AvgIpc) is 0.758. The van der Waals surface area contributed by atoms with Gasteiger partial charge in [-0.2, -0.15) is 29.9 Å². The summed E-state index contributed by atoms with van der Waals surface area (Å²) in [6, 6.07) is 9.22. The van der Waals surface area contributed by atoms with E-state index in [0.29, 0.717) is 69.1 Å². The Balaban J connectivity index is 0.00000425. The molecule has 490 valence electrons. The fourth-order valence-electron chi connectivity index (χ4n) is 8.76. The van der Waals surface area contributed by atoms with Gasteiger partial charge in [0.05, 0.1) is 40.7 Å². The number of carbonyl (C=O) groups is 2. The fraction of sp³-hybridized carbons (Fsp3) is 0.130. The number of nitrogens with one attached hydrogen (secondary N) is 5. The number of hydrogen-bond acceptors (Lipinski definition) is 35. The number of primary amides is 2. The Morgan fingerprint density at radius 3 is 1.22 bits per heavy atom. The van der Waals surface area contributed by atoms with Crippen molar-refractivity contribution >= 4 is 187 Å². The largest absolute Gasteiger partial charge is 1.00 e. The molecule has 53 heteroatoms. The molecule has 0 aliphatic carbocycles. The zero-order valence-electron chi connectivity index (χ0n) is 51.7. The summed E-state index contributed by atoms with van der Waals surface area (Å²) in [6.45, 7) is 2.37.